The standard InChI is InChI=1S/C15H17ClN2O2S/c1-10(2)18-21(19,20)13-6-3-11(4-7-13)14-8-5-12(17)9-15(14)16/h3-10,18H,17H2,1-2H3. The van der Waals surface area contributed by atoms with E-state index in [1.807, 2.05) is 6.07 Å². The van der Waals surface area contributed by atoms with E-state index in [2.05, 4.69) is 4.72 Å². The number of rotatable bonds is 4. The zero-order valence-electron chi connectivity index (χ0n) is 11.8. The number of hydrogen-bond acceptors (Lipinski definition) is 3. The third-order valence-corrected chi connectivity index (χ3v) is 4.85. The van der Waals surface area contributed by atoms with Crippen LogP contribution in [0.3, 0.4) is 0 Å². The molecule has 6 heteroatoms. The molecule has 3 N–H and O–H groups in total. The largest absolute Gasteiger partial charge is 0.399 e. The smallest absolute Gasteiger partial charge is 0.240 e. The maximum Gasteiger partial charge on any atom is 0.240 e. The van der Waals surface area contributed by atoms with Gasteiger partial charge in [0.2, 0.25) is 10.0 Å². The van der Waals surface area contributed by atoms with Gasteiger partial charge in [0.05, 0.1) is 9.92 Å². The van der Waals surface area contributed by atoms with Crippen LogP contribution in [0.25, 0.3) is 11.1 Å². The second-order valence-electron chi connectivity index (χ2n) is 5.04. The normalized spacial score (nSPS) is 11.8. The van der Waals surface area contributed by atoms with Gasteiger partial charge in [0, 0.05) is 17.3 Å². The van der Waals surface area contributed by atoms with Crippen LogP contribution in [0, 0.1) is 0 Å². The maximum atomic E-state index is 12.0. The summed E-state index contributed by atoms with van der Waals surface area (Å²) in [7, 11) is -3.48. The first-order chi connectivity index (χ1) is 9.79. The quantitative estimate of drug-likeness (QED) is 0.848. The lowest BCUT2D eigenvalue weighted by Crippen LogP contribution is -2.30. The average Bonchev–Trinajstić information content (AvgIpc) is 2.37. The van der Waals surface area contributed by atoms with E-state index in [-0.39, 0.29) is 10.9 Å². The number of hydrogen-bond donors (Lipinski definition) is 2. The summed E-state index contributed by atoms with van der Waals surface area (Å²) in [6.07, 6.45) is 0. The summed E-state index contributed by atoms with van der Waals surface area (Å²) in [5, 5.41) is 0.533. The van der Waals surface area contributed by atoms with E-state index in [1.54, 1.807) is 50.2 Å². The molecule has 0 radical (unpaired) electrons. The monoisotopic (exact) mass is 324 g/mol. The van der Waals surface area contributed by atoms with Crippen molar-refractivity contribution in [3.05, 3.63) is 47.5 Å². The molecule has 0 bridgehead atoms. The second kappa shape index (κ2) is 6.05. The minimum absolute atomic E-state index is 0.152. The molecule has 0 saturated carbocycles. The highest BCUT2D eigenvalue weighted by atomic mass is 35.5. The third-order valence-electron chi connectivity index (χ3n) is 2.86. The fraction of sp³-hybridized carbons (Fsp3) is 0.200. The molecule has 2 aromatic rings. The van der Waals surface area contributed by atoms with Crippen molar-refractivity contribution in [2.45, 2.75) is 24.8 Å². The van der Waals surface area contributed by atoms with E-state index in [9.17, 15) is 8.42 Å². The van der Waals surface area contributed by atoms with Crippen LogP contribution in [0.1, 0.15) is 13.8 Å². The van der Waals surface area contributed by atoms with Crippen LogP contribution in [0.15, 0.2) is 47.4 Å². The Kier molecular flexibility index (Phi) is 4.56. The minimum Gasteiger partial charge on any atom is -0.399 e. The SMILES string of the molecule is CC(C)NS(=O)(=O)c1ccc(-c2ccc(N)cc2Cl)cc1. The van der Waals surface area contributed by atoms with Gasteiger partial charge in [-0.15, -0.1) is 0 Å². The molecule has 21 heavy (non-hydrogen) atoms. The lowest BCUT2D eigenvalue weighted by molar-refractivity contribution is 0.570. The lowest BCUT2D eigenvalue weighted by atomic mass is 10.1. The molecule has 0 fully saturated rings. The Morgan fingerprint density at radius 2 is 1.71 bits per heavy atom. The highest BCUT2D eigenvalue weighted by Crippen LogP contribution is 2.30. The summed E-state index contributed by atoms with van der Waals surface area (Å²) >= 11 is 6.15. The molecular formula is C15H17ClN2O2S. The van der Waals surface area contributed by atoms with E-state index < -0.39 is 10.0 Å². The molecule has 0 unspecified atom stereocenters. The Hall–Kier alpha value is -1.56. The van der Waals surface area contributed by atoms with Gasteiger partial charge < -0.3 is 5.73 Å². The molecule has 112 valence electrons. The van der Waals surface area contributed by atoms with Crippen molar-refractivity contribution in [2.75, 3.05) is 5.73 Å². The zero-order valence-corrected chi connectivity index (χ0v) is 13.4. The summed E-state index contributed by atoms with van der Waals surface area (Å²) in [4.78, 5) is 0.228. The fourth-order valence-corrected chi connectivity index (χ4v) is 3.51. The van der Waals surface area contributed by atoms with Gasteiger partial charge in [0.15, 0.2) is 0 Å². The van der Waals surface area contributed by atoms with Crippen molar-refractivity contribution >= 4 is 27.3 Å². The highest BCUT2D eigenvalue weighted by Gasteiger charge is 2.15. The molecule has 0 amide bonds. The van der Waals surface area contributed by atoms with Crippen molar-refractivity contribution in [3.8, 4) is 11.1 Å². The maximum absolute atomic E-state index is 12.0. The number of halogens is 1. The molecule has 4 nitrogen and oxygen atoms in total. The van der Waals surface area contributed by atoms with Crippen molar-refractivity contribution in [1.29, 1.82) is 0 Å². The summed E-state index contributed by atoms with van der Waals surface area (Å²) in [5.41, 5.74) is 7.90. The van der Waals surface area contributed by atoms with E-state index in [0.29, 0.717) is 10.7 Å². The molecule has 0 heterocycles. The van der Waals surface area contributed by atoms with Crippen LogP contribution in [0.5, 0.6) is 0 Å². The van der Waals surface area contributed by atoms with Crippen molar-refractivity contribution in [3.63, 3.8) is 0 Å². The first-order valence-corrected chi connectivity index (χ1v) is 8.33. The summed E-state index contributed by atoms with van der Waals surface area (Å²) in [6.45, 7) is 3.56. The Morgan fingerprint density at radius 1 is 1.10 bits per heavy atom. The van der Waals surface area contributed by atoms with E-state index in [4.69, 9.17) is 17.3 Å². The molecule has 2 rings (SSSR count). The second-order valence-corrected chi connectivity index (χ2v) is 7.16. The highest BCUT2D eigenvalue weighted by molar-refractivity contribution is 7.89. The Balaban J connectivity index is 2.35. The van der Waals surface area contributed by atoms with Gasteiger partial charge in [-0.25, -0.2) is 13.1 Å². The van der Waals surface area contributed by atoms with Gasteiger partial charge in [0.25, 0.3) is 0 Å². The number of benzene rings is 2. The molecule has 0 saturated heterocycles. The number of nitrogen functional groups attached to an aromatic ring is 1. The van der Waals surface area contributed by atoms with Gasteiger partial charge in [-0.2, -0.15) is 0 Å². The molecule has 0 aliphatic rings. The van der Waals surface area contributed by atoms with Gasteiger partial charge in [0.1, 0.15) is 0 Å². The van der Waals surface area contributed by atoms with E-state index in [1.165, 1.54) is 0 Å². The minimum atomic E-state index is -3.48. The van der Waals surface area contributed by atoms with Crippen molar-refractivity contribution in [2.24, 2.45) is 0 Å². The van der Waals surface area contributed by atoms with E-state index >= 15 is 0 Å². The lowest BCUT2D eigenvalue weighted by Gasteiger charge is -2.10. The van der Waals surface area contributed by atoms with Crippen LogP contribution in [0.2, 0.25) is 5.02 Å². The van der Waals surface area contributed by atoms with Crippen molar-refractivity contribution < 1.29 is 8.42 Å². The topological polar surface area (TPSA) is 72.2 Å². The van der Waals surface area contributed by atoms with Crippen LogP contribution in [-0.2, 0) is 10.0 Å². The van der Waals surface area contributed by atoms with E-state index in [0.717, 1.165) is 11.1 Å². The fourth-order valence-electron chi connectivity index (χ4n) is 1.96. The molecule has 0 atom stereocenters. The Bertz CT molecular complexity index is 741. The summed E-state index contributed by atoms with van der Waals surface area (Å²) < 4.78 is 26.6. The predicted octanol–water partition coefficient (Wildman–Crippen LogP) is 3.28. The zero-order chi connectivity index (χ0) is 15.6. The Morgan fingerprint density at radius 3 is 2.24 bits per heavy atom. The first kappa shape index (κ1) is 15.8. The van der Waals surface area contributed by atoms with Gasteiger partial charge >= 0.3 is 0 Å². The number of sulfonamides is 1. The van der Waals surface area contributed by atoms with Gasteiger partial charge in [-0.05, 0) is 43.7 Å². The van der Waals surface area contributed by atoms with Gasteiger partial charge in [-0.3, -0.25) is 0 Å². The first-order valence-electron chi connectivity index (χ1n) is 6.47. The number of anilines is 1. The van der Waals surface area contributed by atoms with Crippen LogP contribution in [-0.4, -0.2) is 14.5 Å². The number of nitrogens with one attached hydrogen (secondary N) is 1. The van der Waals surface area contributed by atoms with Crippen LogP contribution in [0.4, 0.5) is 5.69 Å². The van der Waals surface area contributed by atoms with Crippen LogP contribution >= 0.6 is 11.6 Å². The molecule has 2 aromatic carbocycles. The summed E-state index contributed by atoms with van der Waals surface area (Å²) in [6, 6.07) is 11.7. The number of nitrogens with two attached hydrogens (primary N) is 1. The van der Waals surface area contributed by atoms with Crippen molar-refractivity contribution in [1.82, 2.24) is 4.72 Å². The average molecular weight is 325 g/mol. The third kappa shape index (κ3) is 3.75. The molecule has 0 aliphatic carbocycles. The Labute approximate surface area is 130 Å². The van der Waals surface area contributed by atoms with Gasteiger partial charge in [-0.1, -0.05) is 29.8 Å². The predicted molar refractivity (Wildman–Crippen MR) is 86.8 cm³/mol. The molecule has 0 aliphatic heterocycles. The summed E-state index contributed by atoms with van der Waals surface area (Å²) in [5.74, 6) is 0. The molecular weight excluding hydrogens is 308 g/mol. The molecule has 0 spiro atoms. The van der Waals surface area contributed by atoms with Crippen LogP contribution < -0.4 is 10.5 Å². The molecule has 0 aromatic heterocycles.